The number of hydrogen-bond acceptors (Lipinski definition) is 6. The number of amides is 1. The summed E-state index contributed by atoms with van der Waals surface area (Å²) in [4.78, 5) is 22.7. The fraction of sp³-hybridized carbons (Fsp3) is 0.150. The van der Waals surface area contributed by atoms with Crippen LogP contribution in [-0.2, 0) is 6.54 Å². The summed E-state index contributed by atoms with van der Waals surface area (Å²) in [5, 5.41) is 29.2. The molecule has 10 heteroatoms. The van der Waals surface area contributed by atoms with Crippen molar-refractivity contribution >= 4 is 33.7 Å². The smallest absolute Gasteiger partial charge is 0.312 e. The van der Waals surface area contributed by atoms with Crippen molar-refractivity contribution in [3.63, 3.8) is 0 Å². The van der Waals surface area contributed by atoms with Gasteiger partial charge in [0, 0.05) is 27.4 Å². The number of nitro benzene ring substituents is 1. The maximum atomic E-state index is 12.4. The van der Waals surface area contributed by atoms with E-state index in [4.69, 9.17) is 0 Å². The molecule has 0 aliphatic heterocycles. The molecular formula is C20H18BrN5O4. The summed E-state index contributed by atoms with van der Waals surface area (Å²) in [6.45, 7) is 4.41. The van der Waals surface area contributed by atoms with E-state index in [2.05, 4.69) is 31.6 Å². The lowest BCUT2D eigenvalue weighted by Crippen LogP contribution is -2.18. The summed E-state index contributed by atoms with van der Waals surface area (Å²) in [6.07, 6.45) is 1.14. The molecule has 154 valence electrons. The van der Waals surface area contributed by atoms with E-state index in [0.29, 0.717) is 16.6 Å². The van der Waals surface area contributed by atoms with Crippen LogP contribution in [0.3, 0.4) is 0 Å². The third-order valence-corrected chi connectivity index (χ3v) is 4.73. The lowest BCUT2D eigenvalue weighted by Gasteiger charge is -2.07. The number of hydrazone groups is 1. The second kappa shape index (κ2) is 8.87. The Hall–Kier alpha value is -3.53. The molecule has 0 aliphatic rings. The Morgan fingerprint density at radius 3 is 2.77 bits per heavy atom. The Bertz CT molecular complexity index is 1160. The molecule has 1 heterocycles. The van der Waals surface area contributed by atoms with Crippen molar-refractivity contribution in [2.45, 2.75) is 20.4 Å². The van der Waals surface area contributed by atoms with Crippen LogP contribution in [0.2, 0.25) is 0 Å². The van der Waals surface area contributed by atoms with Crippen LogP contribution in [0.1, 0.15) is 32.9 Å². The number of phenolic OH excluding ortho intramolecular Hbond substituents is 1. The number of phenols is 1. The van der Waals surface area contributed by atoms with Gasteiger partial charge in [0.2, 0.25) is 5.75 Å². The Labute approximate surface area is 180 Å². The summed E-state index contributed by atoms with van der Waals surface area (Å²) in [5.41, 5.74) is 5.24. The first-order valence-electron chi connectivity index (χ1n) is 8.85. The standard InChI is InChI=1S/C20H18BrN5O4/c1-12-6-13(2)25(24-12)11-14-4-3-5-15(7-14)20(28)23-22-10-16-8-17(21)9-18(19(16)27)26(29)30/h3-10,27H,11H2,1-2H3,(H,23,28)/b22-10-. The summed E-state index contributed by atoms with van der Waals surface area (Å²) < 4.78 is 2.25. The number of benzene rings is 2. The van der Waals surface area contributed by atoms with E-state index in [-0.39, 0.29) is 5.56 Å². The molecule has 0 spiro atoms. The molecule has 3 rings (SSSR count). The van der Waals surface area contributed by atoms with Gasteiger partial charge in [-0.1, -0.05) is 28.1 Å². The zero-order chi connectivity index (χ0) is 21.8. The first-order valence-corrected chi connectivity index (χ1v) is 9.64. The van der Waals surface area contributed by atoms with Crippen LogP contribution in [0.5, 0.6) is 5.75 Å². The second-order valence-corrected chi connectivity index (χ2v) is 7.52. The summed E-state index contributed by atoms with van der Waals surface area (Å²) in [6, 6.07) is 11.7. The largest absolute Gasteiger partial charge is 0.502 e. The summed E-state index contributed by atoms with van der Waals surface area (Å²) in [5.74, 6) is -0.987. The summed E-state index contributed by atoms with van der Waals surface area (Å²) >= 11 is 3.14. The molecule has 0 unspecified atom stereocenters. The molecule has 3 aromatic rings. The predicted molar refractivity (Wildman–Crippen MR) is 115 cm³/mol. The van der Waals surface area contributed by atoms with Crippen LogP contribution in [0, 0.1) is 24.0 Å². The average Bonchev–Trinajstić information content (AvgIpc) is 3.00. The van der Waals surface area contributed by atoms with Gasteiger partial charge in [-0.3, -0.25) is 19.6 Å². The van der Waals surface area contributed by atoms with E-state index in [9.17, 15) is 20.0 Å². The van der Waals surface area contributed by atoms with Gasteiger partial charge in [0.25, 0.3) is 5.91 Å². The Morgan fingerprint density at radius 2 is 2.10 bits per heavy atom. The highest BCUT2D eigenvalue weighted by Crippen LogP contribution is 2.32. The SMILES string of the molecule is Cc1cc(C)n(Cc2cccc(C(=O)N/N=C\c3cc(Br)cc([N+](=O)[O-])c3O)c2)n1. The highest BCUT2D eigenvalue weighted by atomic mass is 79.9. The predicted octanol–water partition coefficient (Wildman–Crippen LogP) is 3.69. The van der Waals surface area contributed by atoms with Crippen LogP contribution in [0.15, 0.2) is 52.0 Å². The molecule has 9 nitrogen and oxygen atoms in total. The highest BCUT2D eigenvalue weighted by Gasteiger charge is 2.17. The molecule has 0 bridgehead atoms. The molecule has 0 saturated heterocycles. The third-order valence-electron chi connectivity index (χ3n) is 4.28. The number of nitro groups is 1. The van der Waals surface area contributed by atoms with Crippen LogP contribution in [0.4, 0.5) is 5.69 Å². The van der Waals surface area contributed by atoms with Crippen molar-refractivity contribution < 1.29 is 14.8 Å². The number of aryl methyl sites for hydroxylation is 2. The monoisotopic (exact) mass is 471 g/mol. The number of aromatic hydroxyl groups is 1. The molecule has 0 atom stereocenters. The molecule has 0 radical (unpaired) electrons. The molecule has 30 heavy (non-hydrogen) atoms. The van der Waals surface area contributed by atoms with E-state index < -0.39 is 22.3 Å². The van der Waals surface area contributed by atoms with Crippen LogP contribution in [0.25, 0.3) is 0 Å². The van der Waals surface area contributed by atoms with Crippen molar-refractivity contribution in [1.82, 2.24) is 15.2 Å². The Kier molecular flexibility index (Phi) is 6.26. The number of rotatable bonds is 6. The number of carbonyl (C=O) groups is 1. The van der Waals surface area contributed by atoms with Crippen LogP contribution >= 0.6 is 15.9 Å². The maximum absolute atomic E-state index is 12.4. The molecule has 2 aromatic carbocycles. The number of carbonyl (C=O) groups excluding carboxylic acids is 1. The van der Waals surface area contributed by atoms with Gasteiger partial charge in [0.15, 0.2) is 0 Å². The van der Waals surface area contributed by atoms with Crippen molar-refractivity contribution in [3.05, 3.63) is 85.1 Å². The number of nitrogens with one attached hydrogen (secondary N) is 1. The van der Waals surface area contributed by atoms with Gasteiger partial charge in [-0.15, -0.1) is 0 Å². The maximum Gasteiger partial charge on any atom is 0.312 e. The van der Waals surface area contributed by atoms with Gasteiger partial charge in [-0.2, -0.15) is 10.2 Å². The molecular weight excluding hydrogens is 454 g/mol. The minimum atomic E-state index is -0.704. The van der Waals surface area contributed by atoms with Crippen molar-refractivity contribution in [1.29, 1.82) is 0 Å². The molecule has 0 aliphatic carbocycles. The van der Waals surface area contributed by atoms with Gasteiger partial charge < -0.3 is 5.11 Å². The van der Waals surface area contributed by atoms with E-state index in [1.165, 1.54) is 12.1 Å². The number of nitrogens with zero attached hydrogens (tertiary/aromatic N) is 4. The topological polar surface area (TPSA) is 123 Å². The molecule has 0 saturated carbocycles. The van der Waals surface area contributed by atoms with Gasteiger partial charge in [-0.05, 0) is 43.7 Å². The van der Waals surface area contributed by atoms with E-state index >= 15 is 0 Å². The molecule has 2 N–H and O–H groups in total. The number of halogens is 1. The zero-order valence-corrected chi connectivity index (χ0v) is 17.8. The minimum Gasteiger partial charge on any atom is -0.502 e. The lowest BCUT2D eigenvalue weighted by atomic mass is 10.1. The first kappa shape index (κ1) is 21.2. The average molecular weight is 472 g/mol. The Morgan fingerprint density at radius 1 is 1.33 bits per heavy atom. The minimum absolute atomic E-state index is 0.0923. The third kappa shape index (κ3) is 4.90. The van der Waals surface area contributed by atoms with E-state index in [1.54, 1.807) is 18.2 Å². The molecule has 0 fully saturated rings. The van der Waals surface area contributed by atoms with Gasteiger partial charge >= 0.3 is 5.69 Å². The molecule has 1 amide bonds. The normalized spacial score (nSPS) is 11.0. The van der Waals surface area contributed by atoms with Gasteiger partial charge in [0.1, 0.15) is 0 Å². The van der Waals surface area contributed by atoms with Crippen LogP contribution in [-0.4, -0.2) is 31.9 Å². The number of hydrogen-bond donors (Lipinski definition) is 2. The molecule has 1 aromatic heterocycles. The first-order chi connectivity index (χ1) is 14.2. The van der Waals surface area contributed by atoms with Gasteiger partial charge in [-0.25, -0.2) is 5.43 Å². The van der Waals surface area contributed by atoms with Gasteiger partial charge in [0.05, 0.1) is 23.4 Å². The second-order valence-electron chi connectivity index (χ2n) is 6.60. The van der Waals surface area contributed by atoms with Crippen molar-refractivity contribution in [2.24, 2.45) is 5.10 Å². The summed E-state index contributed by atoms with van der Waals surface area (Å²) in [7, 11) is 0. The van der Waals surface area contributed by atoms with Crippen molar-refractivity contribution in [2.75, 3.05) is 0 Å². The number of aromatic nitrogens is 2. The lowest BCUT2D eigenvalue weighted by molar-refractivity contribution is -0.385. The fourth-order valence-corrected chi connectivity index (χ4v) is 3.35. The fourth-order valence-electron chi connectivity index (χ4n) is 2.89. The quantitative estimate of drug-likeness (QED) is 0.322. The van der Waals surface area contributed by atoms with Crippen LogP contribution < -0.4 is 5.43 Å². The van der Waals surface area contributed by atoms with Crippen molar-refractivity contribution in [3.8, 4) is 5.75 Å². The Balaban J connectivity index is 1.73. The van der Waals surface area contributed by atoms with E-state index in [0.717, 1.165) is 23.2 Å². The van der Waals surface area contributed by atoms with E-state index in [1.807, 2.05) is 30.7 Å². The highest BCUT2D eigenvalue weighted by molar-refractivity contribution is 9.10. The zero-order valence-electron chi connectivity index (χ0n) is 16.2.